The Balaban J connectivity index is 2.57. The molecule has 15 heavy (non-hydrogen) atoms. The smallest absolute Gasteiger partial charge is 0.236 e. The molecule has 88 valence electrons. The lowest BCUT2D eigenvalue weighted by Crippen LogP contribution is -2.49. The third-order valence-corrected chi connectivity index (χ3v) is 4.14. The van der Waals surface area contributed by atoms with Crippen molar-refractivity contribution in [1.82, 2.24) is 10.6 Å². The van der Waals surface area contributed by atoms with Gasteiger partial charge < -0.3 is 10.4 Å². The first-order chi connectivity index (χ1) is 6.85. The van der Waals surface area contributed by atoms with Crippen LogP contribution in [-0.4, -0.2) is 56.2 Å². The minimum atomic E-state index is -3.17. The van der Waals surface area contributed by atoms with Crippen LogP contribution in [-0.2, 0) is 14.6 Å². The van der Waals surface area contributed by atoms with E-state index in [4.69, 9.17) is 0 Å². The molecule has 7 heteroatoms. The standard InChI is InChI=1S/C8H16N2O4S/c1-5(8(12)9-2)10-6-3-15(13,14)4-7(6)11/h5-7,10-11H,3-4H2,1-2H3,(H,9,12). The van der Waals surface area contributed by atoms with Crippen molar-refractivity contribution in [2.45, 2.75) is 25.1 Å². The summed E-state index contributed by atoms with van der Waals surface area (Å²) in [4.78, 5) is 11.2. The average molecular weight is 236 g/mol. The van der Waals surface area contributed by atoms with Gasteiger partial charge in [0.1, 0.15) is 0 Å². The molecule has 0 bridgehead atoms. The van der Waals surface area contributed by atoms with Crippen LogP contribution in [0.5, 0.6) is 0 Å². The third-order valence-electron chi connectivity index (χ3n) is 2.43. The first-order valence-electron chi connectivity index (χ1n) is 4.72. The maximum Gasteiger partial charge on any atom is 0.236 e. The van der Waals surface area contributed by atoms with E-state index in [0.717, 1.165) is 0 Å². The molecule has 1 rings (SSSR count). The van der Waals surface area contributed by atoms with Crippen LogP contribution < -0.4 is 10.6 Å². The van der Waals surface area contributed by atoms with Gasteiger partial charge in [-0.2, -0.15) is 0 Å². The molecule has 1 aliphatic heterocycles. The number of hydrogen-bond acceptors (Lipinski definition) is 5. The number of carbonyl (C=O) groups excluding carboxylic acids is 1. The number of rotatable bonds is 3. The molecule has 3 unspecified atom stereocenters. The second-order valence-electron chi connectivity index (χ2n) is 3.75. The first kappa shape index (κ1) is 12.4. The van der Waals surface area contributed by atoms with Crippen LogP contribution in [0.3, 0.4) is 0 Å². The Morgan fingerprint density at radius 2 is 2.07 bits per heavy atom. The third kappa shape index (κ3) is 3.15. The fourth-order valence-corrected chi connectivity index (χ4v) is 3.36. The Hall–Kier alpha value is -0.660. The summed E-state index contributed by atoms with van der Waals surface area (Å²) >= 11 is 0. The van der Waals surface area contributed by atoms with Crippen molar-refractivity contribution in [3.63, 3.8) is 0 Å². The van der Waals surface area contributed by atoms with E-state index >= 15 is 0 Å². The number of carbonyl (C=O) groups is 1. The van der Waals surface area contributed by atoms with Crippen molar-refractivity contribution in [3.8, 4) is 0 Å². The van der Waals surface area contributed by atoms with E-state index in [0.29, 0.717) is 0 Å². The van der Waals surface area contributed by atoms with Crippen LogP contribution in [0.4, 0.5) is 0 Å². The maximum atomic E-state index is 11.2. The fraction of sp³-hybridized carbons (Fsp3) is 0.875. The molecular formula is C8H16N2O4S. The van der Waals surface area contributed by atoms with Crippen LogP contribution >= 0.6 is 0 Å². The Bertz CT molecular complexity index is 341. The number of aliphatic hydroxyl groups excluding tert-OH is 1. The largest absolute Gasteiger partial charge is 0.390 e. The SMILES string of the molecule is CNC(=O)C(C)NC1CS(=O)(=O)CC1O. The molecule has 1 amide bonds. The van der Waals surface area contributed by atoms with E-state index < -0.39 is 28.0 Å². The fourth-order valence-electron chi connectivity index (χ4n) is 1.60. The van der Waals surface area contributed by atoms with Crippen LogP contribution in [0.1, 0.15) is 6.92 Å². The van der Waals surface area contributed by atoms with Crippen LogP contribution in [0.15, 0.2) is 0 Å². The van der Waals surface area contributed by atoms with Gasteiger partial charge in [0.15, 0.2) is 9.84 Å². The molecule has 0 spiro atoms. The van der Waals surface area contributed by atoms with Gasteiger partial charge in [-0.25, -0.2) is 8.42 Å². The van der Waals surface area contributed by atoms with Crippen molar-refractivity contribution >= 4 is 15.7 Å². The highest BCUT2D eigenvalue weighted by molar-refractivity contribution is 7.91. The van der Waals surface area contributed by atoms with Gasteiger partial charge in [-0.3, -0.25) is 10.1 Å². The Labute approximate surface area is 89.0 Å². The average Bonchev–Trinajstić information content (AvgIpc) is 2.38. The summed E-state index contributed by atoms with van der Waals surface area (Å²) in [6.45, 7) is 1.62. The molecule has 0 saturated carbocycles. The zero-order valence-corrected chi connectivity index (χ0v) is 9.54. The van der Waals surface area contributed by atoms with Crippen molar-refractivity contribution in [1.29, 1.82) is 0 Å². The van der Waals surface area contributed by atoms with Gasteiger partial charge in [-0.15, -0.1) is 0 Å². The van der Waals surface area contributed by atoms with Crippen LogP contribution in [0, 0.1) is 0 Å². The van der Waals surface area contributed by atoms with E-state index in [2.05, 4.69) is 10.6 Å². The van der Waals surface area contributed by atoms with Crippen molar-refractivity contribution in [3.05, 3.63) is 0 Å². The zero-order chi connectivity index (χ0) is 11.6. The Morgan fingerprint density at radius 1 is 1.47 bits per heavy atom. The molecule has 0 aromatic carbocycles. The summed E-state index contributed by atoms with van der Waals surface area (Å²) in [6, 6.07) is -1.06. The number of nitrogens with one attached hydrogen (secondary N) is 2. The number of amides is 1. The van der Waals surface area contributed by atoms with Gasteiger partial charge in [0, 0.05) is 13.1 Å². The van der Waals surface area contributed by atoms with Gasteiger partial charge in [0.05, 0.1) is 23.7 Å². The lowest BCUT2D eigenvalue weighted by atomic mass is 10.2. The molecule has 0 radical (unpaired) electrons. The molecule has 6 nitrogen and oxygen atoms in total. The molecule has 3 N–H and O–H groups in total. The molecule has 0 aliphatic carbocycles. The summed E-state index contributed by atoms with van der Waals surface area (Å²) in [5.41, 5.74) is 0. The molecule has 1 heterocycles. The normalized spacial score (nSPS) is 31.1. The zero-order valence-electron chi connectivity index (χ0n) is 8.73. The number of likely N-dealkylation sites (N-methyl/N-ethyl adjacent to an activating group) is 1. The Kier molecular flexibility index (Phi) is 3.69. The highest BCUT2D eigenvalue weighted by atomic mass is 32.2. The highest BCUT2D eigenvalue weighted by Crippen LogP contribution is 2.12. The predicted molar refractivity (Wildman–Crippen MR) is 55.1 cm³/mol. The monoisotopic (exact) mass is 236 g/mol. The first-order valence-corrected chi connectivity index (χ1v) is 6.54. The maximum absolute atomic E-state index is 11.2. The van der Waals surface area contributed by atoms with E-state index in [1.165, 1.54) is 7.05 Å². The number of hydrogen-bond donors (Lipinski definition) is 3. The number of sulfone groups is 1. The van der Waals surface area contributed by atoms with E-state index in [9.17, 15) is 18.3 Å². The molecule has 3 atom stereocenters. The summed E-state index contributed by atoms with van der Waals surface area (Å²) in [6.07, 6.45) is -0.929. The minimum Gasteiger partial charge on any atom is -0.390 e. The molecule has 1 saturated heterocycles. The topological polar surface area (TPSA) is 95.5 Å². The van der Waals surface area contributed by atoms with Crippen molar-refractivity contribution in [2.24, 2.45) is 0 Å². The number of aliphatic hydroxyl groups is 1. The summed E-state index contributed by atoms with van der Waals surface area (Å²) in [5.74, 6) is -0.577. The van der Waals surface area contributed by atoms with Crippen molar-refractivity contribution in [2.75, 3.05) is 18.6 Å². The van der Waals surface area contributed by atoms with Gasteiger partial charge >= 0.3 is 0 Å². The van der Waals surface area contributed by atoms with Gasteiger partial charge in [0.2, 0.25) is 5.91 Å². The molecule has 0 aromatic rings. The lowest BCUT2D eigenvalue weighted by molar-refractivity contribution is -0.122. The summed E-state index contributed by atoms with van der Waals surface area (Å²) in [5, 5.41) is 14.7. The van der Waals surface area contributed by atoms with Crippen LogP contribution in [0.2, 0.25) is 0 Å². The molecular weight excluding hydrogens is 220 g/mol. The molecule has 1 aliphatic rings. The second-order valence-corrected chi connectivity index (χ2v) is 5.91. The van der Waals surface area contributed by atoms with E-state index in [-0.39, 0.29) is 17.4 Å². The minimum absolute atomic E-state index is 0.116. The quantitative estimate of drug-likeness (QED) is 0.520. The van der Waals surface area contributed by atoms with Crippen LogP contribution in [0.25, 0.3) is 0 Å². The molecule has 0 aromatic heterocycles. The highest BCUT2D eigenvalue weighted by Gasteiger charge is 2.37. The summed E-state index contributed by atoms with van der Waals surface area (Å²) in [7, 11) is -1.66. The second kappa shape index (κ2) is 4.46. The molecule has 1 fully saturated rings. The lowest BCUT2D eigenvalue weighted by Gasteiger charge is -2.19. The van der Waals surface area contributed by atoms with Gasteiger partial charge in [-0.1, -0.05) is 0 Å². The Morgan fingerprint density at radius 3 is 2.47 bits per heavy atom. The summed E-state index contributed by atoms with van der Waals surface area (Å²) < 4.78 is 22.3. The van der Waals surface area contributed by atoms with Gasteiger partial charge in [-0.05, 0) is 6.92 Å². The van der Waals surface area contributed by atoms with E-state index in [1.54, 1.807) is 6.92 Å². The predicted octanol–water partition coefficient (Wildman–Crippen LogP) is -2.13. The van der Waals surface area contributed by atoms with Gasteiger partial charge in [0.25, 0.3) is 0 Å². The van der Waals surface area contributed by atoms with E-state index in [1.807, 2.05) is 0 Å². The van der Waals surface area contributed by atoms with Crippen molar-refractivity contribution < 1.29 is 18.3 Å².